The lowest BCUT2D eigenvalue weighted by Crippen LogP contribution is -2.33. The fraction of sp³-hybridized carbons (Fsp3) is 0.364. The molecular formula is C11H12ClF3N2O2. The fourth-order valence-electron chi connectivity index (χ4n) is 1.29. The molecule has 0 saturated carbocycles. The highest BCUT2D eigenvalue weighted by Gasteiger charge is 2.33. The van der Waals surface area contributed by atoms with Gasteiger partial charge in [-0.25, -0.2) is 4.79 Å². The van der Waals surface area contributed by atoms with Crippen molar-refractivity contribution in [2.24, 2.45) is 0 Å². The lowest BCUT2D eigenvalue weighted by Gasteiger charge is -2.17. The molecule has 1 aromatic carbocycles. The number of aliphatic hydroxyl groups is 1. The minimum absolute atomic E-state index is 0.0217. The van der Waals surface area contributed by atoms with Gasteiger partial charge in [-0.1, -0.05) is 11.6 Å². The van der Waals surface area contributed by atoms with Gasteiger partial charge in [-0.2, -0.15) is 13.2 Å². The number of likely N-dealkylation sites (N-methyl/N-ethyl adjacent to an activating group) is 1. The van der Waals surface area contributed by atoms with E-state index in [4.69, 9.17) is 16.7 Å². The van der Waals surface area contributed by atoms with Crippen molar-refractivity contribution in [2.75, 3.05) is 25.5 Å². The van der Waals surface area contributed by atoms with Crippen molar-refractivity contribution in [3.05, 3.63) is 28.8 Å². The Morgan fingerprint density at radius 3 is 2.63 bits per heavy atom. The average Bonchev–Trinajstić information content (AvgIpc) is 2.30. The van der Waals surface area contributed by atoms with E-state index in [0.29, 0.717) is 0 Å². The fourth-order valence-corrected chi connectivity index (χ4v) is 1.52. The maximum absolute atomic E-state index is 12.6. The van der Waals surface area contributed by atoms with E-state index < -0.39 is 22.8 Å². The molecule has 0 aliphatic heterocycles. The minimum Gasteiger partial charge on any atom is -0.395 e. The highest BCUT2D eigenvalue weighted by atomic mass is 35.5. The third kappa shape index (κ3) is 4.29. The molecule has 0 spiro atoms. The zero-order chi connectivity index (χ0) is 14.6. The third-order valence-electron chi connectivity index (χ3n) is 2.31. The summed E-state index contributed by atoms with van der Waals surface area (Å²) in [4.78, 5) is 12.7. The standard InChI is InChI=1S/C11H12ClF3N2O2/c1-17(4-5-18)10(19)16-7-2-3-9(12)8(6-7)11(13,14)15/h2-3,6,18H,4-5H2,1H3,(H,16,19). The molecule has 4 nitrogen and oxygen atoms in total. The number of rotatable bonds is 3. The molecule has 0 saturated heterocycles. The molecule has 8 heteroatoms. The molecule has 106 valence electrons. The molecule has 0 atom stereocenters. The Labute approximate surface area is 112 Å². The Morgan fingerprint density at radius 1 is 1.47 bits per heavy atom. The van der Waals surface area contributed by atoms with Gasteiger partial charge in [0, 0.05) is 19.3 Å². The largest absolute Gasteiger partial charge is 0.417 e. The number of carbonyl (C=O) groups is 1. The van der Waals surface area contributed by atoms with Crippen LogP contribution in [0, 0.1) is 0 Å². The Hall–Kier alpha value is -1.47. The summed E-state index contributed by atoms with van der Waals surface area (Å²) in [6.07, 6.45) is -4.59. The van der Waals surface area contributed by atoms with E-state index >= 15 is 0 Å². The SMILES string of the molecule is CN(CCO)C(=O)Nc1ccc(Cl)c(C(F)(F)F)c1. The Morgan fingerprint density at radius 2 is 2.11 bits per heavy atom. The summed E-state index contributed by atoms with van der Waals surface area (Å²) in [7, 11) is 1.41. The number of nitrogens with zero attached hydrogens (tertiary/aromatic N) is 1. The zero-order valence-corrected chi connectivity index (χ0v) is 10.7. The molecule has 1 rings (SSSR count). The number of aliphatic hydroxyl groups excluding tert-OH is 1. The van der Waals surface area contributed by atoms with Crippen LogP contribution in [0.4, 0.5) is 23.7 Å². The minimum atomic E-state index is -4.59. The molecule has 0 aliphatic carbocycles. The van der Waals surface area contributed by atoms with Crippen molar-refractivity contribution >= 4 is 23.3 Å². The number of alkyl halides is 3. The lowest BCUT2D eigenvalue weighted by atomic mass is 10.2. The van der Waals surface area contributed by atoms with Crippen LogP contribution in [0.1, 0.15) is 5.56 Å². The van der Waals surface area contributed by atoms with Crippen LogP contribution in [0.2, 0.25) is 5.02 Å². The smallest absolute Gasteiger partial charge is 0.395 e. The van der Waals surface area contributed by atoms with E-state index in [1.54, 1.807) is 0 Å². The Bertz CT molecular complexity index is 466. The van der Waals surface area contributed by atoms with Gasteiger partial charge in [-0.15, -0.1) is 0 Å². The van der Waals surface area contributed by atoms with Gasteiger partial charge in [0.2, 0.25) is 0 Å². The first kappa shape index (κ1) is 15.6. The molecule has 19 heavy (non-hydrogen) atoms. The van der Waals surface area contributed by atoms with Crippen LogP contribution in [0.3, 0.4) is 0 Å². The van der Waals surface area contributed by atoms with Gasteiger partial charge in [0.15, 0.2) is 0 Å². The van der Waals surface area contributed by atoms with E-state index in [9.17, 15) is 18.0 Å². The van der Waals surface area contributed by atoms with E-state index in [1.165, 1.54) is 13.1 Å². The van der Waals surface area contributed by atoms with Crippen LogP contribution in [-0.4, -0.2) is 36.2 Å². The second-order valence-corrected chi connectivity index (χ2v) is 4.17. The lowest BCUT2D eigenvalue weighted by molar-refractivity contribution is -0.137. The maximum Gasteiger partial charge on any atom is 0.417 e. The molecule has 1 aromatic rings. The van der Waals surface area contributed by atoms with Crippen LogP contribution in [0.25, 0.3) is 0 Å². The molecule has 2 amide bonds. The number of carbonyl (C=O) groups excluding carboxylic acids is 1. The van der Waals surface area contributed by atoms with Gasteiger partial charge >= 0.3 is 12.2 Å². The monoisotopic (exact) mass is 296 g/mol. The van der Waals surface area contributed by atoms with Crippen molar-refractivity contribution in [3.63, 3.8) is 0 Å². The topological polar surface area (TPSA) is 52.6 Å². The molecule has 0 heterocycles. The molecule has 2 N–H and O–H groups in total. The number of urea groups is 1. The zero-order valence-electron chi connectivity index (χ0n) is 9.96. The van der Waals surface area contributed by atoms with Crippen molar-refractivity contribution in [3.8, 4) is 0 Å². The second kappa shape index (κ2) is 6.12. The molecule has 0 aliphatic rings. The van der Waals surface area contributed by atoms with E-state index in [-0.39, 0.29) is 18.8 Å². The van der Waals surface area contributed by atoms with Crippen LogP contribution < -0.4 is 5.32 Å². The molecule has 0 fully saturated rings. The van der Waals surface area contributed by atoms with Crippen molar-refractivity contribution in [1.82, 2.24) is 4.90 Å². The predicted molar refractivity (Wildman–Crippen MR) is 65.2 cm³/mol. The van der Waals surface area contributed by atoms with Gasteiger partial charge in [0.25, 0.3) is 0 Å². The summed E-state index contributed by atoms with van der Waals surface area (Å²) < 4.78 is 37.8. The number of benzene rings is 1. The molecule has 0 bridgehead atoms. The van der Waals surface area contributed by atoms with Crippen LogP contribution in [-0.2, 0) is 6.18 Å². The highest BCUT2D eigenvalue weighted by Crippen LogP contribution is 2.36. The summed E-state index contributed by atoms with van der Waals surface area (Å²) in [6, 6.07) is 2.46. The molecule has 0 unspecified atom stereocenters. The second-order valence-electron chi connectivity index (χ2n) is 3.77. The number of anilines is 1. The normalized spacial score (nSPS) is 11.3. The quantitative estimate of drug-likeness (QED) is 0.901. The van der Waals surface area contributed by atoms with Crippen LogP contribution in [0.5, 0.6) is 0 Å². The summed E-state index contributed by atoms with van der Waals surface area (Å²) >= 11 is 5.45. The highest BCUT2D eigenvalue weighted by molar-refractivity contribution is 6.31. The summed E-state index contributed by atoms with van der Waals surface area (Å²) in [5.74, 6) is 0. The molecular weight excluding hydrogens is 285 g/mol. The number of hydrogen-bond acceptors (Lipinski definition) is 2. The summed E-state index contributed by atoms with van der Waals surface area (Å²) in [5, 5.41) is 10.5. The number of nitrogens with one attached hydrogen (secondary N) is 1. The Kier molecular flexibility index (Phi) is 5.02. The van der Waals surface area contributed by atoms with Gasteiger partial charge in [0.05, 0.1) is 17.2 Å². The number of hydrogen-bond donors (Lipinski definition) is 2. The third-order valence-corrected chi connectivity index (χ3v) is 2.63. The first-order chi connectivity index (χ1) is 8.75. The van der Waals surface area contributed by atoms with E-state index in [2.05, 4.69) is 5.32 Å². The van der Waals surface area contributed by atoms with Gasteiger partial charge in [-0.05, 0) is 18.2 Å². The number of amides is 2. The predicted octanol–water partition coefficient (Wildman–Crippen LogP) is 2.81. The van der Waals surface area contributed by atoms with Crippen molar-refractivity contribution < 1.29 is 23.1 Å². The van der Waals surface area contributed by atoms with Crippen molar-refractivity contribution in [1.29, 1.82) is 0 Å². The summed E-state index contributed by atoms with van der Waals surface area (Å²) in [5.41, 5.74) is -1.04. The van der Waals surface area contributed by atoms with Crippen LogP contribution in [0.15, 0.2) is 18.2 Å². The van der Waals surface area contributed by atoms with E-state index in [1.807, 2.05) is 0 Å². The van der Waals surface area contributed by atoms with Gasteiger partial charge in [-0.3, -0.25) is 0 Å². The van der Waals surface area contributed by atoms with Crippen molar-refractivity contribution in [2.45, 2.75) is 6.18 Å². The van der Waals surface area contributed by atoms with Gasteiger partial charge in [0.1, 0.15) is 0 Å². The first-order valence-electron chi connectivity index (χ1n) is 5.25. The van der Waals surface area contributed by atoms with Crippen LogP contribution >= 0.6 is 11.6 Å². The molecule has 0 aromatic heterocycles. The number of halogens is 4. The first-order valence-corrected chi connectivity index (χ1v) is 5.63. The molecule has 0 radical (unpaired) electrons. The summed E-state index contributed by atoms with van der Waals surface area (Å²) in [6.45, 7) is -0.163. The van der Waals surface area contributed by atoms with E-state index in [0.717, 1.165) is 17.0 Å². The van der Waals surface area contributed by atoms with Gasteiger partial charge < -0.3 is 15.3 Å². The Balaban J connectivity index is 2.89. The maximum atomic E-state index is 12.6. The average molecular weight is 297 g/mol.